The van der Waals surface area contributed by atoms with E-state index in [1.807, 2.05) is 98.8 Å². The van der Waals surface area contributed by atoms with Gasteiger partial charge in [0.05, 0.1) is 18.2 Å². The molecule has 5 rings (SSSR count). The average Bonchev–Trinajstić information content (AvgIpc) is 3.07. The van der Waals surface area contributed by atoms with Crippen molar-refractivity contribution in [3.63, 3.8) is 0 Å². The predicted molar refractivity (Wildman–Crippen MR) is 183 cm³/mol. The quantitative estimate of drug-likeness (QED) is 0.133. The van der Waals surface area contributed by atoms with Gasteiger partial charge in [0, 0.05) is 24.7 Å². The van der Waals surface area contributed by atoms with Crippen molar-refractivity contribution < 1.29 is 24.4 Å². The van der Waals surface area contributed by atoms with Gasteiger partial charge >= 0.3 is 7.12 Å². The molecule has 1 aromatic heterocycles. The summed E-state index contributed by atoms with van der Waals surface area (Å²) in [5.41, 5.74) is 1.77. The van der Waals surface area contributed by atoms with E-state index in [4.69, 9.17) is 0 Å². The highest BCUT2D eigenvalue weighted by Gasteiger charge is 2.32. The van der Waals surface area contributed by atoms with E-state index >= 15 is 0 Å². The summed E-state index contributed by atoms with van der Waals surface area (Å²) < 4.78 is 0. The summed E-state index contributed by atoms with van der Waals surface area (Å²) >= 11 is 0. The van der Waals surface area contributed by atoms with Crippen LogP contribution in [0.1, 0.15) is 48.3 Å². The van der Waals surface area contributed by atoms with E-state index in [9.17, 15) is 24.4 Å². The molecule has 0 spiro atoms. The van der Waals surface area contributed by atoms with Gasteiger partial charge in [0.2, 0.25) is 5.91 Å². The van der Waals surface area contributed by atoms with Crippen molar-refractivity contribution in [2.24, 2.45) is 11.8 Å². The first-order chi connectivity index (χ1) is 22.7. The number of fused-ring (bicyclic) bond motifs is 2. The molecule has 4 N–H and O–H groups in total. The fourth-order valence-corrected chi connectivity index (χ4v) is 5.85. The van der Waals surface area contributed by atoms with Crippen LogP contribution in [-0.4, -0.2) is 56.7 Å². The van der Waals surface area contributed by atoms with Crippen molar-refractivity contribution in [1.82, 2.24) is 20.6 Å². The van der Waals surface area contributed by atoms with Crippen LogP contribution in [0.3, 0.4) is 0 Å². The number of aromatic nitrogens is 2. The normalized spacial score (nSPS) is 13.2. The number of nitrogens with one attached hydrogen (secondary N) is 2. The Bertz CT molecular complexity index is 1850. The molecule has 0 aliphatic heterocycles. The summed E-state index contributed by atoms with van der Waals surface area (Å²) in [6.45, 7) is 3.85. The fraction of sp³-hybridized carbons (Fsp3) is 0.270. The smallest absolute Gasteiger partial charge is 0.426 e. The van der Waals surface area contributed by atoms with Gasteiger partial charge in [-0.15, -0.1) is 0 Å². The molecule has 0 saturated heterocycles. The molecule has 1 heterocycles. The summed E-state index contributed by atoms with van der Waals surface area (Å²) in [4.78, 5) is 49.3. The lowest BCUT2D eigenvalue weighted by molar-refractivity contribution is -0.130. The molecule has 0 aliphatic carbocycles. The SMILES string of the molecule is CC(C)C[C@H](NC(=O)[C@@H](CC(=O)[C@H](Cc1ccc2ccccc2c1)NC(=O)c1cnccn1)Cc1ccc2ccccc2c1)B(O)O. The minimum absolute atomic E-state index is 0.0720. The highest BCUT2D eigenvalue weighted by Crippen LogP contribution is 2.22. The van der Waals surface area contributed by atoms with Crippen LogP contribution >= 0.6 is 0 Å². The van der Waals surface area contributed by atoms with Crippen LogP contribution in [0.25, 0.3) is 21.5 Å². The Morgan fingerprint density at radius 1 is 0.766 bits per heavy atom. The monoisotopic (exact) mass is 630 g/mol. The van der Waals surface area contributed by atoms with Gasteiger partial charge < -0.3 is 20.7 Å². The molecular formula is C37H39BN4O5. The van der Waals surface area contributed by atoms with E-state index in [-0.39, 0.29) is 36.7 Å². The minimum Gasteiger partial charge on any atom is -0.426 e. The maximum Gasteiger partial charge on any atom is 0.475 e. The molecule has 0 radical (unpaired) electrons. The molecule has 3 atom stereocenters. The van der Waals surface area contributed by atoms with Crippen LogP contribution in [0.4, 0.5) is 0 Å². The van der Waals surface area contributed by atoms with Gasteiger partial charge in [-0.3, -0.25) is 19.4 Å². The fourth-order valence-electron chi connectivity index (χ4n) is 5.85. The first-order valence-corrected chi connectivity index (χ1v) is 15.9. The van der Waals surface area contributed by atoms with Crippen molar-refractivity contribution in [3.8, 4) is 0 Å². The standard InChI is InChI=1S/C37H39BN4O5/c1-24(2)17-35(38(46)47)42-36(44)31(20-25-11-13-27-7-3-5-9-29(27)18-25)22-34(43)32(41-37(45)33-23-39-15-16-40-33)21-26-12-14-28-8-4-6-10-30(28)19-26/h3-16,18-19,23-24,31-32,35,46-47H,17,20-22H2,1-2H3,(H,41,45)(H,42,44)/t31-,32+,35+/m1/s1. The summed E-state index contributed by atoms with van der Waals surface area (Å²) in [5, 5.41) is 29.8. The first kappa shape index (κ1) is 33.4. The second-order valence-corrected chi connectivity index (χ2v) is 12.4. The number of benzene rings is 4. The molecule has 240 valence electrons. The Hall–Kier alpha value is -4.93. The lowest BCUT2D eigenvalue weighted by Crippen LogP contribution is -2.50. The van der Waals surface area contributed by atoms with Gasteiger partial charge in [0.1, 0.15) is 5.69 Å². The maximum atomic E-state index is 14.2. The van der Waals surface area contributed by atoms with Crippen molar-refractivity contribution in [3.05, 3.63) is 120 Å². The van der Waals surface area contributed by atoms with Gasteiger partial charge in [-0.1, -0.05) is 98.8 Å². The van der Waals surface area contributed by atoms with Crippen molar-refractivity contribution >= 4 is 46.3 Å². The van der Waals surface area contributed by atoms with Crippen LogP contribution in [0, 0.1) is 11.8 Å². The number of hydrogen-bond donors (Lipinski definition) is 4. The van der Waals surface area contributed by atoms with Crippen molar-refractivity contribution in [2.75, 3.05) is 0 Å². The molecule has 0 aliphatic rings. The molecule has 9 nitrogen and oxygen atoms in total. The molecule has 47 heavy (non-hydrogen) atoms. The number of ketones is 1. The second-order valence-electron chi connectivity index (χ2n) is 12.4. The third-order valence-corrected chi connectivity index (χ3v) is 8.27. The second kappa shape index (κ2) is 15.6. The van der Waals surface area contributed by atoms with Crippen LogP contribution in [-0.2, 0) is 22.4 Å². The van der Waals surface area contributed by atoms with E-state index < -0.39 is 36.8 Å². The van der Waals surface area contributed by atoms with Crippen LogP contribution in [0.2, 0.25) is 0 Å². The molecule has 0 fully saturated rings. The van der Waals surface area contributed by atoms with Gasteiger partial charge in [-0.2, -0.15) is 0 Å². The molecule has 5 aromatic rings. The van der Waals surface area contributed by atoms with Gasteiger partial charge in [-0.25, -0.2) is 4.98 Å². The first-order valence-electron chi connectivity index (χ1n) is 15.9. The topological polar surface area (TPSA) is 142 Å². The van der Waals surface area contributed by atoms with Crippen molar-refractivity contribution in [2.45, 2.75) is 51.5 Å². The van der Waals surface area contributed by atoms with Gasteiger partial charge in [0.15, 0.2) is 5.78 Å². The molecule has 0 saturated carbocycles. The zero-order chi connectivity index (χ0) is 33.3. The Morgan fingerprint density at radius 3 is 1.91 bits per heavy atom. The molecule has 2 amide bonds. The lowest BCUT2D eigenvalue weighted by Gasteiger charge is -2.25. The zero-order valence-electron chi connectivity index (χ0n) is 26.5. The van der Waals surface area contributed by atoms with E-state index in [1.54, 1.807) is 0 Å². The molecule has 0 bridgehead atoms. The molecule has 0 unspecified atom stereocenters. The third kappa shape index (κ3) is 9.09. The summed E-state index contributed by atoms with van der Waals surface area (Å²) in [6.07, 6.45) is 4.79. The number of carbonyl (C=O) groups excluding carboxylic acids is 3. The summed E-state index contributed by atoms with van der Waals surface area (Å²) in [5.74, 6) is -3.00. The van der Waals surface area contributed by atoms with Crippen LogP contribution in [0.15, 0.2) is 104 Å². The van der Waals surface area contributed by atoms with Gasteiger partial charge in [0.25, 0.3) is 5.91 Å². The number of Topliss-reactive ketones (excluding diaryl/α,β-unsaturated/α-hetero) is 1. The highest BCUT2D eigenvalue weighted by atomic mass is 16.4. The average molecular weight is 631 g/mol. The summed E-state index contributed by atoms with van der Waals surface area (Å²) in [7, 11) is -1.76. The molecular weight excluding hydrogens is 591 g/mol. The highest BCUT2D eigenvalue weighted by molar-refractivity contribution is 6.43. The van der Waals surface area contributed by atoms with Crippen LogP contribution in [0.5, 0.6) is 0 Å². The Balaban J connectivity index is 1.44. The summed E-state index contributed by atoms with van der Waals surface area (Å²) in [6, 6.07) is 26.6. The van der Waals surface area contributed by atoms with E-state index in [2.05, 4.69) is 20.6 Å². The molecule has 4 aromatic carbocycles. The van der Waals surface area contributed by atoms with Gasteiger partial charge in [-0.05, 0) is 57.9 Å². The lowest BCUT2D eigenvalue weighted by atomic mass is 9.74. The Kier molecular flexibility index (Phi) is 11.1. The van der Waals surface area contributed by atoms with Crippen LogP contribution < -0.4 is 10.6 Å². The third-order valence-electron chi connectivity index (χ3n) is 8.27. The maximum absolute atomic E-state index is 14.2. The number of nitrogens with zero attached hydrogens (tertiary/aromatic N) is 2. The number of amides is 2. The van der Waals surface area contributed by atoms with E-state index in [0.717, 1.165) is 32.7 Å². The van der Waals surface area contributed by atoms with Crippen molar-refractivity contribution in [1.29, 1.82) is 0 Å². The predicted octanol–water partition coefficient (Wildman–Crippen LogP) is 4.49. The number of rotatable bonds is 14. The minimum atomic E-state index is -1.76. The number of carbonyl (C=O) groups is 3. The Labute approximate surface area is 274 Å². The zero-order valence-corrected chi connectivity index (χ0v) is 26.5. The Morgan fingerprint density at radius 2 is 1.36 bits per heavy atom. The van der Waals surface area contributed by atoms with E-state index in [1.165, 1.54) is 18.6 Å². The number of hydrogen-bond acceptors (Lipinski definition) is 7. The largest absolute Gasteiger partial charge is 0.475 e. The van der Waals surface area contributed by atoms with E-state index in [0.29, 0.717) is 6.42 Å². The molecule has 10 heteroatoms.